The van der Waals surface area contributed by atoms with Crippen LogP contribution >= 0.6 is 0 Å². The fraction of sp³-hybridized carbons (Fsp3) is 0.700. The minimum atomic E-state index is -0.172. The molecule has 3 rings (SSSR count). The van der Waals surface area contributed by atoms with Crippen LogP contribution in [0.2, 0.25) is 0 Å². The number of primary amides is 1. The van der Waals surface area contributed by atoms with Gasteiger partial charge in [-0.15, -0.1) is 0 Å². The van der Waals surface area contributed by atoms with Gasteiger partial charge in [-0.25, -0.2) is 4.98 Å². The molecule has 2 fully saturated rings. The number of nitrogens with zero attached hydrogens (tertiary/aromatic N) is 2. The third kappa shape index (κ3) is 4.95. The Morgan fingerprint density at radius 2 is 2.12 bits per heavy atom. The summed E-state index contributed by atoms with van der Waals surface area (Å²) in [5.74, 6) is 0.881. The van der Waals surface area contributed by atoms with Gasteiger partial charge in [0.15, 0.2) is 0 Å². The van der Waals surface area contributed by atoms with E-state index >= 15 is 0 Å². The molecule has 0 aromatic carbocycles. The number of rotatable bonds is 7. The predicted molar refractivity (Wildman–Crippen MR) is 103 cm³/mol. The van der Waals surface area contributed by atoms with Crippen LogP contribution in [0.3, 0.4) is 0 Å². The van der Waals surface area contributed by atoms with Crippen molar-refractivity contribution in [3.63, 3.8) is 0 Å². The minimum absolute atomic E-state index is 0.0109. The van der Waals surface area contributed by atoms with Crippen LogP contribution in [0.5, 0.6) is 0 Å². The van der Waals surface area contributed by atoms with Crippen molar-refractivity contribution < 1.29 is 9.53 Å². The molecule has 0 bridgehead atoms. The molecule has 2 aliphatic heterocycles. The van der Waals surface area contributed by atoms with E-state index in [0.717, 1.165) is 70.9 Å². The summed E-state index contributed by atoms with van der Waals surface area (Å²) >= 11 is 0. The number of hydrogen-bond acceptors (Lipinski definition) is 5. The van der Waals surface area contributed by atoms with Gasteiger partial charge in [-0.05, 0) is 50.1 Å². The zero-order valence-electron chi connectivity index (χ0n) is 15.9. The number of pyridine rings is 1. The van der Waals surface area contributed by atoms with Gasteiger partial charge in [0.2, 0.25) is 5.91 Å². The Bertz CT molecular complexity index is 593. The molecule has 2 aliphatic rings. The van der Waals surface area contributed by atoms with Crippen LogP contribution in [0.4, 0.5) is 5.82 Å². The largest absolute Gasteiger partial charge is 0.381 e. The molecule has 6 heteroatoms. The smallest absolute Gasteiger partial charge is 0.220 e. The monoisotopic (exact) mass is 360 g/mol. The van der Waals surface area contributed by atoms with Gasteiger partial charge in [0, 0.05) is 50.5 Å². The molecule has 0 saturated carbocycles. The van der Waals surface area contributed by atoms with Crippen molar-refractivity contribution in [3.8, 4) is 0 Å². The molecule has 0 spiro atoms. The zero-order chi connectivity index (χ0) is 18.4. The van der Waals surface area contributed by atoms with Gasteiger partial charge in [-0.3, -0.25) is 4.79 Å². The van der Waals surface area contributed by atoms with Crippen molar-refractivity contribution >= 4 is 11.7 Å². The first-order valence-electron chi connectivity index (χ1n) is 9.84. The Labute approximate surface area is 156 Å². The molecule has 1 aromatic rings. The molecule has 3 heterocycles. The molecule has 26 heavy (non-hydrogen) atoms. The van der Waals surface area contributed by atoms with Crippen LogP contribution in [0.15, 0.2) is 18.3 Å². The van der Waals surface area contributed by atoms with E-state index in [0.29, 0.717) is 5.41 Å². The van der Waals surface area contributed by atoms with Crippen molar-refractivity contribution in [2.75, 3.05) is 37.7 Å². The van der Waals surface area contributed by atoms with E-state index in [4.69, 9.17) is 10.5 Å². The third-order valence-electron chi connectivity index (χ3n) is 5.99. The number of nitrogens with two attached hydrogens (primary N) is 1. The number of amides is 1. The summed E-state index contributed by atoms with van der Waals surface area (Å²) in [6.07, 6.45) is 6.97. The van der Waals surface area contributed by atoms with Crippen LogP contribution < -0.4 is 16.0 Å². The molecular weight excluding hydrogens is 328 g/mol. The van der Waals surface area contributed by atoms with Gasteiger partial charge in [-0.2, -0.15) is 0 Å². The van der Waals surface area contributed by atoms with Crippen LogP contribution in [0, 0.1) is 11.3 Å². The molecule has 1 aromatic heterocycles. The first kappa shape index (κ1) is 19.1. The van der Waals surface area contributed by atoms with Gasteiger partial charge in [-0.1, -0.05) is 13.0 Å². The molecule has 144 valence electrons. The predicted octanol–water partition coefficient (Wildman–Crippen LogP) is 2.08. The number of piperidine rings is 1. The van der Waals surface area contributed by atoms with Crippen molar-refractivity contribution in [1.29, 1.82) is 0 Å². The lowest BCUT2D eigenvalue weighted by Crippen LogP contribution is -2.39. The number of carbonyl (C=O) groups is 1. The van der Waals surface area contributed by atoms with Crippen molar-refractivity contribution in [1.82, 2.24) is 10.3 Å². The van der Waals surface area contributed by atoms with Crippen LogP contribution in [-0.2, 0) is 16.1 Å². The van der Waals surface area contributed by atoms with Gasteiger partial charge >= 0.3 is 0 Å². The van der Waals surface area contributed by atoms with E-state index in [-0.39, 0.29) is 11.8 Å². The SMILES string of the molecule is CC1(CCNCc2cccnc2N2CCC(C(N)=O)CC2)CCOCC1. The molecule has 0 unspecified atom stereocenters. The lowest BCUT2D eigenvalue weighted by Gasteiger charge is -2.34. The van der Waals surface area contributed by atoms with Gasteiger partial charge < -0.3 is 20.7 Å². The molecule has 3 N–H and O–H groups in total. The number of anilines is 1. The number of hydrogen-bond donors (Lipinski definition) is 2. The third-order valence-corrected chi connectivity index (χ3v) is 5.99. The topological polar surface area (TPSA) is 80.5 Å². The highest BCUT2D eigenvalue weighted by Crippen LogP contribution is 2.33. The normalized spacial score (nSPS) is 20.9. The maximum Gasteiger partial charge on any atom is 0.220 e. The highest BCUT2D eigenvalue weighted by atomic mass is 16.5. The zero-order valence-corrected chi connectivity index (χ0v) is 15.9. The first-order valence-corrected chi connectivity index (χ1v) is 9.84. The quantitative estimate of drug-likeness (QED) is 0.728. The Morgan fingerprint density at radius 3 is 2.81 bits per heavy atom. The van der Waals surface area contributed by atoms with E-state index in [1.54, 1.807) is 0 Å². The highest BCUT2D eigenvalue weighted by molar-refractivity contribution is 5.77. The maximum atomic E-state index is 11.4. The number of ether oxygens (including phenoxy) is 1. The summed E-state index contributed by atoms with van der Waals surface area (Å²) in [7, 11) is 0. The van der Waals surface area contributed by atoms with Crippen molar-refractivity contribution in [2.45, 2.75) is 45.6 Å². The van der Waals surface area contributed by atoms with E-state index in [9.17, 15) is 4.79 Å². The van der Waals surface area contributed by atoms with Crippen LogP contribution in [0.25, 0.3) is 0 Å². The molecule has 6 nitrogen and oxygen atoms in total. The molecular formula is C20H32N4O2. The summed E-state index contributed by atoms with van der Waals surface area (Å²) < 4.78 is 5.48. The minimum Gasteiger partial charge on any atom is -0.381 e. The van der Waals surface area contributed by atoms with Crippen molar-refractivity contribution in [3.05, 3.63) is 23.9 Å². The number of carbonyl (C=O) groups excluding carboxylic acids is 1. The fourth-order valence-electron chi connectivity index (χ4n) is 3.96. The standard InChI is InChI=1S/C20H32N4O2/c1-20(7-13-26-14-8-20)6-10-22-15-17-3-2-9-23-19(17)24-11-4-16(5-12-24)18(21)25/h2-3,9,16,22H,4-8,10-15H2,1H3,(H2,21,25). The first-order chi connectivity index (χ1) is 12.6. The number of nitrogens with one attached hydrogen (secondary N) is 1. The number of aromatic nitrogens is 1. The van der Waals surface area contributed by atoms with Crippen LogP contribution in [-0.4, -0.2) is 43.7 Å². The summed E-state index contributed by atoms with van der Waals surface area (Å²) in [5.41, 5.74) is 7.07. The average molecular weight is 361 g/mol. The van der Waals surface area contributed by atoms with Gasteiger partial charge in [0.05, 0.1) is 0 Å². The van der Waals surface area contributed by atoms with E-state index in [2.05, 4.69) is 28.2 Å². The van der Waals surface area contributed by atoms with Crippen molar-refractivity contribution in [2.24, 2.45) is 17.1 Å². The van der Waals surface area contributed by atoms with Gasteiger partial charge in [0.1, 0.15) is 5.82 Å². The average Bonchev–Trinajstić information content (AvgIpc) is 2.66. The van der Waals surface area contributed by atoms with E-state index < -0.39 is 0 Å². The molecule has 0 radical (unpaired) electrons. The Morgan fingerprint density at radius 1 is 1.38 bits per heavy atom. The summed E-state index contributed by atoms with van der Waals surface area (Å²) in [6, 6.07) is 4.14. The Balaban J connectivity index is 1.50. The van der Waals surface area contributed by atoms with Crippen LogP contribution in [0.1, 0.15) is 44.6 Å². The molecule has 0 aliphatic carbocycles. The second-order valence-electron chi connectivity index (χ2n) is 8.00. The van der Waals surface area contributed by atoms with Gasteiger partial charge in [0.25, 0.3) is 0 Å². The lowest BCUT2D eigenvalue weighted by molar-refractivity contribution is -0.122. The second kappa shape index (κ2) is 8.82. The fourth-order valence-corrected chi connectivity index (χ4v) is 3.96. The van der Waals surface area contributed by atoms with E-state index in [1.807, 2.05) is 12.3 Å². The molecule has 0 atom stereocenters. The molecule has 2 saturated heterocycles. The highest BCUT2D eigenvalue weighted by Gasteiger charge is 2.27. The maximum absolute atomic E-state index is 11.4. The Hall–Kier alpha value is -1.66. The summed E-state index contributed by atoms with van der Waals surface area (Å²) in [4.78, 5) is 18.3. The van der Waals surface area contributed by atoms with E-state index in [1.165, 1.54) is 12.0 Å². The summed E-state index contributed by atoms with van der Waals surface area (Å²) in [5, 5.41) is 3.60. The lowest BCUT2D eigenvalue weighted by atomic mass is 9.79. The molecule has 1 amide bonds. The Kier molecular flexibility index (Phi) is 6.48. The summed E-state index contributed by atoms with van der Waals surface area (Å²) in [6.45, 7) is 7.68. The second-order valence-corrected chi connectivity index (χ2v) is 8.00.